The van der Waals surface area contributed by atoms with E-state index in [-0.39, 0.29) is 23.6 Å². The highest BCUT2D eigenvalue weighted by Gasteiger charge is 2.38. The van der Waals surface area contributed by atoms with Gasteiger partial charge in [0.25, 0.3) is 23.6 Å². The summed E-state index contributed by atoms with van der Waals surface area (Å²) < 4.78 is 0. The maximum absolute atomic E-state index is 14.0. The lowest BCUT2D eigenvalue weighted by molar-refractivity contribution is 0.0593. The number of amides is 4. The molecule has 10 heteroatoms. The molecule has 4 amide bonds. The van der Waals surface area contributed by atoms with Crippen molar-refractivity contribution < 1.29 is 19.2 Å². The molecule has 46 heavy (non-hydrogen) atoms. The van der Waals surface area contributed by atoms with Crippen LogP contribution in [0.3, 0.4) is 0 Å². The number of carbonyl (C=O) groups excluding carboxylic acids is 4. The smallest absolute Gasteiger partial charge is 0.261 e. The van der Waals surface area contributed by atoms with Crippen LogP contribution in [-0.2, 0) is 0 Å². The van der Waals surface area contributed by atoms with E-state index in [0.29, 0.717) is 79.9 Å². The third-order valence-corrected chi connectivity index (χ3v) is 10.9. The quantitative estimate of drug-likeness (QED) is 0.0571. The Morgan fingerprint density at radius 1 is 0.565 bits per heavy atom. The van der Waals surface area contributed by atoms with Crippen LogP contribution in [0, 0.1) is 0 Å². The molecule has 2 aliphatic heterocycles. The van der Waals surface area contributed by atoms with Gasteiger partial charge in [0.1, 0.15) is 0 Å². The zero-order valence-electron chi connectivity index (χ0n) is 25.2. The number of nitrogens with zero attached hydrogens (tertiary/aromatic N) is 2. The lowest BCUT2D eigenvalue weighted by Gasteiger charge is -2.31. The van der Waals surface area contributed by atoms with Gasteiger partial charge in [-0.05, 0) is 91.4 Å². The standard InChI is InChI=1S/C36H30N2O4S4/c1-3-5-11-37-33(39)19-9-7-17-28-22(26(46)16-44)14-24-30-20(34(40)38(36(24)42)12-6-4-2)10-8-18(32(28)30)27-21(25(45)15-43)13-23(35(37)41)29(19)31(17)27/h7-10,13-16,43-46H,3-6,11-12H2,1-2H3/b25-15-,26-16-. The Balaban J connectivity index is 1.72. The van der Waals surface area contributed by atoms with Crippen LogP contribution in [-0.4, -0.2) is 46.5 Å². The number of benzene rings is 5. The molecule has 0 fully saturated rings. The predicted molar refractivity (Wildman–Crippen MR) is 200 cm³/mol. The first-order valence-corrected chi connectivity index (χ1v) is 17.2. The molecule has 0 aromatic heterocycles. The van der Waals surface area contributed by atoms with Crippen LogP contribution in [0.4, 0.5) is 0 Å². The minimum absolute atomic E-state index is 0.322. The summed E-state index contributed by atoms with van der Waals surface area (Å²) in [7, 11) is 0. The Bertz CT molecular complexity index is 2110. The maximum Gasteiger partial charge on any atom is 0.261 e. The Morgan fingerprint density at radius 3 is 1.28 bits per heavy atom. The van der Waals surface area contributed by atoms with Crippen molar-refractivity contribution in [3.63, 3.8) is 0 Å². The van der Waals surface area contributed by atoms with E-state index in [1.807, 2.05) is 26.0 Å². The molecule has 6 nitrogen and oxygen atoms in total. The third-order valence-electron chi connectivity index (χ3n) is 9.27. The number of imide groups is 2. The second-order valence-electron chi connectivity index (χ2n) is 11.8. The van der Waals surface area contributed by atoms with Crippen molar-refractivity contribution in [3.05, 3.63) is 80.6 Å². The van der Waals surface area contributed by atoms with Crippen molar-refractivity contribution in [2.45, 2.75) is 39.5 Å². The van der Waals surface area contributed by atoms with Crippen LogP contribution in [0.15, 0.2) is 47.2 Å². The number of hydrogen-bond acceptors (Lipinski definition) is 8. The van der Waals surface area contributed by atoms with E-state index in [4.69, 9.17) is 25.3 Å². The molecular formula is C36H30N2O4S4. The highest BCUT2D eigenvalue weighted by Crippen LogP contribution is 2.51. The molecule has 5 aromatic rings. The maximum atomic E-state index is 14.0. The monoisotopic (exact) mass is 682 g/mol. The molecule has 0 aliphatic carbocycles. The molecule has 5 aromatic carbocycles. The molecule has 0 bridgehead atoms. The summed E-state index contributed by atoms with van der Waals surface area (Å²) in [5, 5.41) is 8.84. The molecule has 0 N–H and O–H groups in total. The van der Waals surface area contributed by atoms with Gasteiger partial charge < -0.3 is 0 Å². The predicted octanol–water partition coefficient (Wildman–Crippen LogP) is 8.85. The van der Waals surface area contributed by atoms with Crippen LogP contribution < -0.4 is 0 Å². The lowest BCUT2D eigenvalue weighted by Crippen LogP contribution is -2.41. The minimum Gasteiger partial charge on any atom is -0.274 e. The van der Waals surface area contributed by atoms with E-state index in [9.17, 15) is 19.2 Å². The highest BCUT2D eigenvalue weighted by atomic mass is 32.1. The zero-order chi connectivity index (χ0) is 32.6. The topological polar surface area (TPSA) is 74.8 Å². The number of carbonyl (C=O) groups is 4. The highest BCUT2D eigenvalue weighted by molar-refractivity contribution is 7.93. The van der Waals surface area contributed by atoms with Gasteiger partial charge in [-0.25, -0.2) is 0 Å². The summed E-state index contributed by atoms with van der Waals surface area (Å²) in [6.45, 7) is 4.69. The fourth-order valence-electron chi connectivity index (χ4n) is 7.15. The first-order chi connectivity index (χ1) is 22.2. The Hall–Kier alpha value is -3.44. The summed E-state index contributed by atoms with van der Waals surface area (Å²) in [6, 6.07) is 11.0. The third kappa shape index (κ3) is 4.23. The van der Waals surface area contributed by atoms with Crippen LogP contribution in [0.1, 0.15) is 92.1 Å². The molecule has 0 saturated carbocycles. The number of thiol groups is 4. The Morgan fingerprint density at radius 2 is 0.935 bits per heavy atom. The molecule has 0 unspecified atom stereocenters. The van der Waals surface area contributed by atoms with E-state index < -0.39 is 0 Å². The number of unbranched alkanes of at least 4 members (excludes halogenated alkanes) is 2. The average molecular weight is 683 g/mol. The lowest BCUT2D eigenvalue weighted by atomic mass is 9.79. The molecule has 0 saturated heterocycles. The largest absolute Gasteiger partial charge is 0.274 e. The van der Waals surface area contributed by atoms with Gasteiger partial charge in [-0.2, -0.15) is 25.3 Å². The average Bonchev–Trinajstić information content (AvgIpc) is 3.07. The summed E-state index contributed by atoms with van der Waals surface area (Å²) >= 11 is 18.4. The van der Waals surface area contributed by atoms with Crippen molar-refractivity contribution in [1.82, 2.24) is 9.80 Å². The second kappa shape index (κ2) is 11.7. The van der Waals surface area contributed by atoms with E-state index in [1.54, 1.807) is 35.1 Å². The van der Waals surface area contributed by atoms with Gasteiger partial charge in [-0.3, -0.25) is 29.0 Å². The zero-order valence-corrected chi connectivity index (χ0v) is 28.8. The van der Waals surface area contributed by atoms with Gasteiger partial charge >= 0.3 is 0 Å². The SMILES string of the molecule is CCCCN1C(=O)c2ccc3c4c(/C(S)=C/S)cc5c6c(ccc(c7c(/C(S)=C/S)cc(c2c37)C1=O)c64)C(=O)N(CCCC)C5=O. The van der Waals surface area contributed by atoms with E-state index in [2.05, 4.69) is 25.3 Å². The summed E-state index contributed by atoms with van der Waals surface area (Å²) in [5.41, 5.74) is 3.09. The Kier molecular flexibility index (Phi) is 7.91. The number of rotatable bonds is 8. The van der Waals surface area contributed by atoms with Crippen molar-refractivity contribution in [1.29, 1.82) is 0 Å². The van der Waals surface area contributed by atoms with Crippen molar-refractivity contribution in [2.75, 3.05) is 13.1 Å². The first kappa shape index (κ1) is 31.2. The van der Waals surface area contributed by atoms with Crippen molar-refractivity contribution in [2.24, 2.45) is 0 Å². The Labute approximate surface area is 287 Å². The van der Waals surface area contributed by atoms with Gasteiger partial charge in [-0.1, -0.05) is 38.8 Å². The fourth-order valence-corrected chi connectivity index (χ4v) is 7.78. The molecule has 0 radical (unpaired) electrons. The molecule has 2 heterocycles. The van der Waals surface area contributed by atoms with Crippen molar-refractivity contribution in [3.8, 4) is 0 Å². The summed E-state index contributed by atoms with van der Waals surface area (Å²) in [6.07, 6.45) is 3.08. The molecule has 232 valence electrons. The normalized spacial score (nSPS) is 15.6. The molecule has 0 spiro atoms. The molecule has 2 aliphatic rings. The van der Waals surface area contributed by atoms with Crippen LogP contribution >= 0.6 is 50.5 Å². The molecule has 0 atom stereocenters. The van der Waals surface area contributed by atoms with E-state index in [0.717, 1.165) is 45.2 Å². The van der Waals surface area contributed by atoms with Gasteiger partial charge in [0.15, 0.2) is 0 Å². The second-order valence-corrected chi connectivity index (χ2v) is 13.3. The van der Waals surface area contributed by atoms with Gasteiger partial charge in [0.05, 0.1) is 0 Å². The summed E-state index contributed by atoms with van der Waals surface area (Å²) in [4.78, 5) is 59.5. The minimum atomic E-state index is -0.346. The van der Waals surface area contributed by atoms with Crippen LogP contribution in [0.25, 0.3) is 52.9 Å². The fraction of sp³-hybridized carbons (Fsp3) is 0.222. The van der Waals surface area contributed by atoms with Gasteiger partial charge in [-0.15, -0.1) is 25.3 Å². The number of hydrogen-bond donors (Lipinski definition) is 4. The molecular weight excluding hydrogens is 653 g/mol. The van der Waals surface area contributed by atoms with E-state index in [1.165, 1.54) is 9.80 Å². The van der Waals surface area contributed by atoms with Crippen LogP contribution in [0.5, 0.6) is 0 Å². The summed E-state index contributed by atoms with van der Waals surface area (Å²) in [5.74, 6) is -1.34. The van der Waals surface area contributed by atoms with Gasteiger partial charge in [0.2, 0.25) is 0 Å². The van der Waals surface area contributed by atoms with Crippen LogP contribution in [0.2, 0.25) is 0 Å². The molecule has 7 rings (SSSR count). The van der Waals surface area contributed by atoms with Crippen molar-refractivity contribution >= 4 is 127 Å². The number of fused-ring (bicyclic) bond motifs is 2. The van der Waals surface area contributed by atoms with Gasteiger partial charge in [0, 0.05) is 55.9 Å². The van der Waals surface area contributed by atoms with E-state index >= 15 is 0 Å². The first-order valence-electron chi connectivity index (χ1n) is 15.3.